The summed E-state index contributed by atoms with van der Waals surface area (Å²) in [6, 6.07) is 0. The van der Waals surface area contributed by atoms with Gasteiger partial charge in [-0.15, -0.1) is 0 Å². The fraction of sp³-hybridized carbons (Fsp3) is 0.955. The summed E-state index contributed by atoms with van der Waals surface area (Å²) in [4.78, 5) is 73.3. The summed E-state index contributed by atoms with van der Waals surface area (Å²) in [6.45, 7) is 9.63. The van der Waals surface area contributed by atoms with E-state index in [0.29, 0.717) is 25.7 Å². The van der Waals surface area contributed by atoms with Crippen molar-refractivity contribution in [2.24, 2.45) is 11.8 Å². The lowest BCUT2D eigenvalue weighted by Crippen LogP contribution is -2.30. The lowest BCUT2D eigenvalue weighted by molar-refractivity contribution is -0.161. The van der Waals surface area contributed by atoms with Crippen molar-refractivity contribution in [2.75, 3.05) is 39.6 Å². The molecule has 0 aromatic heterocycles. The smallest absolute Gasteiger partial charge is 0.462 e. The van der Waals surface area contributed by atoms with Gasteiger partial charge < -0.3 is 33.8 Å². The van der Waals surface area contributed by atoms with Gasteiger partial charge in [0.1, 0.15) is 19.3 Å². The number of carbonyl (C=O) groups excluding carboxylic acids is 4. The first-order valence-corrected chi connectivity index (χ1v) is 49.0. The van der Waals surface area contributed by atoms with Crippen molar-refractivity contribution in [1.29, 1.82) is 0 Å². The SMILES string of the molecule is CCCCCCCCCCCCCCCCCCCCCCCCC(=O)OC[C@H](COP(=O)(O)OC[C@@H](O)COP(=O)(O)OC[C@@H](COC(=O)CCCCCCCCCCCC(C)C)OC(=O)CCCCCCCCCCCC(C)C)OC(=O)CCCCCCCCCCCCCCCCCCCCCCCC. The monoisotopic (exact) mass is 1580 g/mol. The molecule has 2 unspecified atom stereocenters. The van der Waals surface area contributed by atoms with Crippen molar-refractivity contribution in [1.82, 2.24) is 0 Å². The van der Waals surface area contributed by atoms with E-state index < -0.39 is 97.5 Å². The molecule has 0 rings (SSSR count). The van der Waals surface area contributed by atoms with Gasteiger partial charge in [0.15, 0.2) is 12.2 Å². The highest BCUT2D eigenvalue weighted by atomic mass is 31.2. The molecule has 0 amide bonds. The number of ether oxygens (including phenoxy) is 4. The van der Waals surface area contributed by atoms with Crippen LogP contribution >= 0.6 is 15.6 Å². The Morgan fingerprint density at radius 1 is 0.250 bits per heavy atom. The molecule has 17 nitrogen and oxygen atoms in total. The molecule has 0 saturated carbocycles. The minimum atomic E-state index is -4.97. The zero-order chi connectivity index (χ0) is 79.2. The minimum Gasteiger partial charge on any atom is -0.462 e. The largest absolute Gasteiger partial charge is 0.472 e. The van der Waals surface area contributed by atoms with Crippen LogP contribution in [-0.4, -0.2) is 96.7 Å². The average molecular weight is 1580 g/mol. The van der Waals surface area contributed by atoms with Crippen LogP contribution in [0.2, 0.25) is 0 Å². The molecule has 0 spiro atoms. The van der Waals surface area contributed by atoms with Crippen molar-refractivity contribution in [3.8, 4) is 0 Å². The second-order valence-corrected chi connectivity index (χ2v) is 35.8. The maximum atomic E-state index is 13.2. The van der Waals surface area contributed by atoms with Gasteiger partial charge in [-0.25, -0.2) is 9.13 Å². The zero-order valence-corrected chi connectivity index (χ0v) is 73.0. The zero-order valence-electron chi connectivity index (χ0n) is 71.2. The maximum absolute atomic E-state index is 13.2. The lowest BCUT2D eigenvalue weighted by Gasteiger charge is -2.21. The van der Waals surface area contributed by atoms with Crippen LogP contribution in [0.15, 0.2) is 0 Å². The number of esters is 4. The van der Waals surface area contributed by atoms with E-state index >= 15 is 0 Å². The highest BCUT2D eigenvalue weighted by molar-refractivity contribution is 7.47. The highest BCUT2D eigenvalue weighted by Crippen LogP contribution is 2.45. The molecule has 642 valence electrons. The first kappa shape index (κ1) is 106. The molecule has 0 fully saturated rings. The summed E-state index contributed by atoms with van der Waals surface area (Å²) >= 11 is 0. The molecule has 0 aromatic rings. The third-order valence-electron chi connectivity index (χ3n) is 21.0. The molecule has 0 aliphatic rings. The van der Waals surface area contributed by atoms with Crippen molar-refractivity contribution < 1.29 is 80.2 Å². The molecule has 3 N–H and O–H groups in total. The van der Waals surface area contributed by atoms with Crippen LogP contribution in [0, 0.1) is 11.8 Å². The Bertz CT molecular complexity index is 2060. The van der Waals surface area contributed by atoms with Crippen LogP contribution in [0.1, 0.15) is 478 Å². The molecule has 0 heterocycles. The molecule has 5 atom stereocenters. The molecule has 108 heavy (non-hydrogen) atoms. The summed E-state index contributed by atoms with van der Waals surface area (Å²) in [7, 11) is -9.93. The van der Waals surface area contributed by atoms with Gasteiger partial charge in [0.05, 0.1) is 26.4 Å². The molecule has 0 radical (unpaired) electrons. The van der Waals surface area contributed by atoms with E-state index in [9.17, 15) is 43.2 Å². The van der Waals surface area contributed by atoms with Crippen LogP contribution in [0.4, 0.5) is 0 Å². The fourth-order valence-electron chi connectivity index (χ4n) is 14.0. The number of hydrogen-bond donors (Lipinski definition) is 3. The van der Waals surface area contributed by atoms with Gasteiger partial charge in [-0.3, -0.25) is 37.3 Å². The molecule has 19 heteroatoms. The molecule has 0 aliphatic carbocycles. The summed E-state index contributed by atoms with van der Waals surface area (Å²) in [5.74, 6) is -0.623. The number of aliphatic hydroxyl groups excluding tert-OH is 1. The third-order valence-corrected chi connectivity index (χ3v) is 22.9. The van der Waals surface area contributed by atoms with Gasteiger partial charge in [-0.05, 0) is 37.5 Å². The summed E-state index contributed by atoms with van der Waals surface area (Å²) in [5, 5.41) is 10.7. The Hall–Kier alpha value is -1.94. The van der Waals surface area contributed by atoms with Gasteiger partial charge in [0.25, 0.3) is 0 Å². The van der Waals surface area contributed by atoms with E-state index in [0.717, 1.165) is 102 Å². The second-order valence-electron chi connectivity index (χ2n) is 32.9. The Balaban J connectivity index is 5.20. The van der Waals surface area contributed by atoms with Crippen LogP contribution in [0.25, 0.3) is 0 Å². The number of carbonyl (C=O) groups is 4. The Kier molecular flexibility index (Phi) is 78.8. The highest BCUT2D eigenvalue weighted by Gasteiger charge is 2.31. The Labute approximate surface area is 664 Å². The summed E-state index contributed by atoms with van der Waals surface area (Å²) in [6.07, 6.45) is 74.0. The van der Waals surface area contributed by atoms with E-state index in [1.165, 1.54) is 295 Å². The van der Waals surface area contributed by atoms with Crippen LogP contribution in [0.5, 0.6) is 0 Å². The van der Waals surface area contributed by atoms with E-state index in [2.05, 4.69) is 41.5 Å². The standard InChI is InChI=1S/C89H174O17P2/c1-7-9-11-13-15-17-19-21-23-25-27-29-31-33-35-37-39-41-47-53-59-65-71-86(91)99-77-84(105-88(93)73-67-61-55-48-42-40-38-36-34-32-30-28-26-24-22-20-18-16-14-12-10-8-2)79-103-107(95,96)101-75-83(90)76-102-108(97,98)104-80-85(106-89(94)74-68-62-56-50-44-46-52-58-64-70-82(5)6)78-100-87(92)72-66-60-54-49-43-45-51-57-63-69-81(3)4/h81-85,90H,7-80H2,1-6H3,(H,95,96)(H,97,98)/t83-,84-,85-/m1/s1. The van der Waals surface area contributed by atoms with E-state index in [4.69, 9.17) is 37.0 Å². The predicted molar refractivity (Wildman–Crippen MR) is 446 cm³/mol. The van der Waals surface area contributed by atoms with Crippen molar-refractivity contribution in [2.45, 2.75) is 496 Å². The van der Waals surface area contributed by atoms with Gasteiger partial charge in [-0.2, -0.15) is 0 Å². The van der Waals surface area contributed by atoms with Gasteiger partial charge >= 0.3 is 39.5 Å². The Morgan fingerprint density at radius 3 is 0.630 bits per heavy atom. The molecule has 0 bridgehead atoms. The first-order chi connectivity index (χ1) is 52.4. The van der Waals surface area contributed by atoms with Crippen LogP contribution in [-0.2, 0) is 65.4 Å². The van der Waals surface area contributed by atoms with Gasteiger partial charge in [0, 0.05) is 25.7 Å². The van der Waals surface area contributed by atoms with Crippen molar-refractivity contribution >= 4 is 39.5 Å². The van der Waals surface area contributed by atoms with E-state index in [1.807, 2.05) is 0 Å². The number of phosphoric ester groups is 2. The lowest BCUT2D eigenvalue weighted by atomic mass is 10.0. The minimum absolute atomic E-state index is 0.105. The van der Waals surface area contributed by atoms with Crippen LogP contribution in [0.3, 0.4) is 0 Å². The maximum Gasteiger partial charge on any atom is 0.472 e. The van der Waals surface area contributed by atoms with Crippen molar-refractivity contribution in [3.05, 3.63) is 0 Å². The predicted octanol–water partition coefficient (Wildman–Crippen LogP) is 27.4. The summed E-state index contributed by atoms with van der Waals surface area (Å²) in [5.41, 5.74) is 0. The van der Waals surface area contributed by atoms with E-state index in [-0.39, 0.29) is 25.7 Å². The Morgan fingerprint density at radius 2 is 0.426 bits per heavy atom. The second kappa shape index (κ2) is 80.3. The quantitative estimate of drug-likeness (QED) is 0.0222. The fourth-order valence-corrected chi connectivity index (χ4v) is 15.5. The number of hydrogen-bond acceptors (Lipinski definition) is 15. The molecule has 0 aromatic carbocycles. The normalized spacial score (nSPS) is 13.8. The molecular weight excluding hydrogens is 1400 g/mol. The molecular formula is C89H174O17P2. The number of unbranched alkanes of at least 4 members (excludes halogenated alkanes) is 58. The van der Waals surface area contributed by atoms with E-state index in [1.54, 1.807) is 0 Å². The first-order valence-electron chi connectivity index (χ1n) is 46.0. The number of rotatable bonds is 88. The number of aliphatic hydroxyl groups is 1. The molecule has 0 saturated heterocycles. The van der Waals surface area contributed by atoms with Crippen molar-refractivity contribution in [3.63, 3.8) is 0 Å². The van der Waals surface area contributed by atoms with Crippen LogP contribution < -0.4 is 0 Å². The average Bonchev–Trinajstić information content (AvgIpc) is 0.897. The third kappa shape index (κ3) is 82.1. The molecule has 0 aliphatic heterocycles. The summed E-state index contributed by atoms with van der Waals surface area (Å²) < 4.78 is 68.9. The number of phosphoric acid groups is 2. The van der Waals surface area contributed by atoms with Gasteiger partial charge in [0.2, 0.25) is 0 Å². The van der Waals surface area contributed by atoms with Gasteiger partial charge in [-0.1, -0.05) is 427 Å². The topological polar surface area (TPSA) is 237 Å².